The summed E-state index contributed by atoms with van der Waals surface area (Å²) < 4.78 is 61.6. The van der Waals surface area contributed by atoms with E-state index in [9.17, 15) is 18.0 Å². The van der Waals surface area contributed by atoms with Crippen LogP contribution in [-0.4, -0.2) is 45.3 Å². The minimum Gasteiger partial charge on any atom is -0.493 e. The van der Waals surface area contributed by atoms with Crippen LogP contribution in [0.25, 0.3) is 28.6 Å². The normalized spacial score (nSPS) is 12.1. The molecule has 3 aromatic heterocycles. The number of esters is 1. The number of rotatable bonds is 7. The quantitative estimate of drug-likeness (QED) is 0.223. The van der Waals surface area contributed by atoms with Gasteiger partial charge in [-0.1, -0.05) is 42.2 Å². The second-order valence-corrected chi connectivity index (χ2v) is 8.16. The Labute approximate surface area is 225 Å². The van der Waals surface area contributed by atoms with Gasteiger partial charge >= 0.3 is 12.1 Å². The van der Waals surface area contributed by atoms with Crippen LogP contribution in [0.2, 0.25) is 10.0 Å². The van der Waals surface area contributed by atoms with Gasteiger partial charge in [0.15, 0.2) is 17.5 Å². The number of carbonyl (C=O) groups is 1. The van der Waals surface area contributed by atoms with E-state index in [4.69, 9.17) is 41.9 Å². The smallest absolute Gasteiger partial charge is 0.417 e. The fourth-order valence-electron chi connectivity index (χ4n) is 3.20. The number of aromatic nitrogens is 4. The van der Waals surface area contributed by atoms with Crippen molar-refractivity contribution in [2.75, 3.05) is 13.7 Å². The molecule has 0 aliphatic carbocycles. The molecule has 4 rings (SSSR count). The van der Waals surface area contributed by atoms with Crippen LogP contribution < -0.4 is 9.47 Å². The van der Waals surface area contributed by atoms with Crippen molar-refractivity contribution in [2.24, 2.45) is 0 Å². The summed E-state index contributed by atoms with van der Waals surface area (Å²) in [7, 11) is 1.24. The lowest BCUT2D eigenvalue weighted by atomic mass is 10.2. The van der Waals surface area contributed by atoms with Gasteiger partial charge in [0.1, 0.15) is 11.4 Å². The van der Waals surface area contributed by atoms with Crippen LogP contribution in [0, 0.1) is 0 Å². The maximum Gasteiger partial charge on any atom is 0.417 e. The first kappa shape index (κ1) is 29.1. The fraction of sp³-hybridized carbons (Fsp3) is 0.333. The molecule has 1 atom stereocenters. The Morgan fingerprint density at radius 3 is 2.45 bits per heavy atom. The summed E-state index contributed by atoms with van der Waals surface area (Å²) in [5.74, 6) is -0.544. The van der Waals surface area contributed by atoms with E-state index in [-0.39, 0.29) is 56.8 Å². The minimum absolute atomic E-state index is 0.00670. The van der Waals surface area contributed by atoms with Crippen LogP contribution >= 0.6 is 23.2 Å². The number of methoxy groups -OCH3 is 1. The number of alkyl halides is 3. The van der Waals surface area contributed by atoms with Crippen molar-refractivity contribution in [1.29, 1.82) is 0 Å². The van der Waals surface area contributed by atoms with E-state index in [1.165, 1.54) is 32.4 Å². The number of nitrogens with zero attached hydrogens (tertiary/aromatic N) is 4. The highest BCUT2D eigenvalue weighted by Gasteiger charge is 2.32. The van der Waals surface area contributed by atoms with Crippen molar-refractivity contribution in [2.45, 2.75) is 40.0 Å². The first-order chi connectivity index (χ1) is 18.0. The van der Waals surface area contributed by atoms with Crippen LogP contribution in [0.3, 0.4) is 0 Å². The lowest BCUT2D eigenvalue weighted by molar-refractivity contribution is -0.150. The number of benzene rings is 1. The summed E-state index contributed by atoms with van der Waals surface area (Å²) in [5.41, 5.74) is -0.388. The molecule has 0 amide bonds. The van der Waals surface area contributed by atoms with Gasteiger partial charge in [-0.2, -0.15) is 18.2 Å². The maximum atomic E-state index is 13.2. The number of hydrogen-bond acceptors (Lipinski definition) is 8. The number of hydrogen-bond donors (Lipinski definition) is 0. The molecule has 0 saturated carbocycles. The first-order valence-corrected chi connectivity index (χ1v) is 12.1. The second-order valence-electron chi connectivity index (χ2n) is 7.35. The van der Waals surface area contributed by atoms with Gasteiger partial charge in [-0.25, -0.2) is 9.78 Å². The van der Waals surface area contributed by atoms with Crippen molar-refractivity contribution in [3.05, 3.63) is 46.2 Å². The molecule has 4 aromatic rings. The number of imidazole rings is 1. The number of carbonyl (C=O) groups excluding carboxylic acids is 1. The van der Waals surface area contributed by atoms with Crippen molar-refractivity contribution in [3.63, 3.8) is 0 Å². The Morgan fingerprint density at radius 1 is 1.11 bits per heavy atom. The molecule has 0 bridgehead atoms. The molecule has 3 heterocycles. The van der Waals surface area contributed by atoms with Crippen molar-refractivity contribution in [3.8, 4) is 34.5 Å². The zero-order valence-corrected chi connectivity index (χ0v) is 22.4. The topological polar surface area (TPSA) is 101 Å². The van der Waals surface area contributed by atoms with Gasteiger partial charge in [0.2, 0.25) is 5.82 Å². The van der Waals surface area contributed by atoms with Crippen LogP contribution in [0.5, 0.6) is 11.5 Å². The number of ether oxygens (including phenoxy) is 3. The van der Waals surface area contributed by atoms with Crippen molar-refractivity contribution >= 4 is 34.8 Å². The fourth-order valence-corrected chi connectivity index (χ4v) is 3.64. The van der Waals surface area contributed by atoms with Gasteiger partial charge in [0.05, 0.1) is 34.9 Å². The molecule has 1 aromatic carbocycles. The Kier molecular flexibility index (Phi) is 9.10. The Hall–Kier alpha value is -3.51. The minimum atomic E-state index is -4.58. The van der Waals surface area contributed by atoms with Gasteiger partial charge in [0.25, 0.3) is 5.89 Å². The molecule has 1 unspecified atom stereocenters. The monoisotopic (exact) mass is 574 g/mol. The van der Waals surface area contributed by atoms with E-state index in [2.05, 4.69) is 15.1 Å². The summed E-state index contributed by atoms with van der Waals surface area (Å²) in [6.45, 7) is 7.37. The van der Waals surface area contributed by atoms with Crippen LogP contribution in [0.1, 0.15) is 33.3 Å². The highest BCUT2D eigenvalue weighted by Crippen LogP contribution is 2.38. The molecule has 0 spiro atoms. The average molecular weight is 575 g/mol. The summed E-state index contributed by atoms with van der Waals surface area (Å²) in [6.07, 6.45) is -3.32. The Balaban J connectivity index is 0.00000195. The van der Waals surface area contributed by atoms with E-state index in [0.29, 0.717) is 0 Å². The van der Waals surface area contributed by atoms with E-state index in [1.54, 1.807) is 6.92 Å². The molecule has 0 radical (unpaired) electrons. The number of halogens is 5. The lowest BCUT2D eigenvalue weighted by Gasteiger charge is -2.15. The molecular formula is C24H23Cl2F3N4O5. The van der Waals surface area contributed by atoms with Gasteiger partial charge in [-0.3, -0.25) is 0 Å². The molecule has 0 N–H and O–H groups in total. The SMILES string of the molecule is CC.CCOC(=O)C(C)Oc1cc(Cl)c(-c2nc(-c3cn4cc(C(F)(F)F)cc(OC)c4n3)no2)cc1Cl. The van der Waals surface area contributed by atoms with Crippen LogP contribution in [0.15, 0.2) is 35.1 Å². The van der Waals surface area contributed by atoms with E-state index < -0.39 is 23.8 Å². The third kappa shape index (κ3) is 6.13. The van der Waals surface area contributed by atoms with E-state index in [0.717, 1.165) is 16.7 Å². The van der Waals surface area contributed by atoms with Gasteiger partial charge in [-0.15, -0.1) is 0 Å². The number of pyridine rings is 1. The maximum absolute atomic E-state index is 13.2. The summed E-state index contributed by atoms with van der Waals surface area (Å²) in [5, 5.41) is 4.10. The summed E-state index contributed by atoms with van der Waals surface area (Å²) >= 11 is 12.6. The molecule has 38 heavy (non-hydrogen) atoms. The van der Waals surface area contributed by atoms with E-state index in [1.807, 2.05) is 13.8 Å². The summed E-state index contributed by atoms with van der Waals surface area (Å²) in [6, 6.07) is 3.64. The van der Waals surface area contributed by atoms with Crippen molar-refractivity contribution in [1.82, 2.24) is 19.5 Å². The van der Waals surface area contributed by atoms with Gasteiger partial charge in [0, 0.05) is 18.5 Å². The van der Waals surface area contributed by atoms with Crippen LogP contribution in [0.4, 0.5) is 13.2 Å². The molecule has 14 heteroatoms. The Morgan fingerprint density at radius 2 is 1.82 bits per heavy atom. The molecule has 0 fully saturated rings. The van der Waals surface area contributed by atoms with Crippen molar-refractivity contribution < 1.29 is 36.7 Å². The molecule has 0 aliphatic rings. The summed E-state index contributed by atoms with van der Waals surface area (Å²) in [4.78, 5) is 20.3. The third-order valence-electron chi connectivity index (χ3n) is 4.89. The number of fused-ring (bicyclic) bond motifs is 1. The molecule has 0 saturated heterocycles. The average Bonchev–Trinajstić information content (AvgIpc) is 3.53. The van der Waals surface area contributed by atoms with Crippen LogP contribution in [-0.2, 0) is 15.7 Å². The highest BCUT2D eigenvalue weighted by molar-refractivity contribution is 6.36. The zero-order valence-electron chi connectivity index (χ0n) is 20.9. The Bertz CT molecular complexity index is 1440. The van der Waals surface area contributed by atoms with Gasteiger partial charge in [-0.05, 0) is 26.0 Å². The van der Waals surface area contributed by atoms with E-state index >= 15 is 0 Å². The zero-order chi connectivity index (χ0) is 28.2. The molecule has 0 aliphatic heterocycles. The molecule has 204 valence electrons. The standard InChI is InChI=1S/C22H17Cl2F3N4O5.C2H6/c1-4-34-21(32)10(2)35-16-7-13(23)12(6-14(16)24)20-29-18(30-36-20)15-9-31-8-11(22(25,26)27)5-17(33-3)19(31)28-15;1-2/h5-10H,4H2,1-3H3;1-2H3. The van der Waals surface area contributed by atoms with Gasteiger partial charge < -0.3 is 23.1 Å². The third-order valence-corrected chi connectivity index (χ3v) is 5.50. The predicted octanol–water partition coefficient (Wildman–Crippen LogP) is 6.74. The highest BCUT2D eigenvalue weighted by atomic mass is 35.5. The second kappa shape index (κ2) is 11.9. The first-order valence-electron chi connectivity index (χ1n) is 11.3. The molecular weight excluding hydrogens is 552 g/mol. The largest absolute Gasteiger partial charge is 0.493 e. The lowest BCUT2D eigenvalue weighted by Crippen LogP contribution is -2.26. The molecule has 9 nitrogen and oxygen atoms in total. The predicted molar refractivity (Wildman–Crippen MR) is 134 cm³/mol.